The average molecular weight is 522 g/mol. The first-order valence-electron chi connectivity index (χ1n) is 11.9. The zero-order valence-electron chi connectivity index (χ0n) is 21.5. The number of carbonyl (C=O) groups excluding carboxylic acids is 2. The lowest BCUT2D eigenvalue weighted by Gasteiger charge is -2.29. The van der Waals surface area contributed by atoms with Gasteiger partial charge in [0.1, 0.15) is 17.6 Å². The molecule has 0 aliphatic heterocycles. The van der Waals surface area contributed by atoms with Crippen molar-refractivity contribution in [1.82, 2.24) is 10.2 Å². The fraction of sp³-hybridized carbons (Fsp3) is 0.462. The lowest BCUT2D eigenvalue weighted by molar-refractivity contribution is -0.140. The Kier molecular flexibility index (Phi) is 10.7. The lowest BCUT2D eigenvalue weighted by atomic mass is 10.1. The van der Waals surface area contributed by atoms with E-state index < -0.39 is 21.9 Å². The van der Waals surface area contributed by atoms with Crippen molar-refractivity contribution in [1.29, 1.82) is 0 Å². The van der Waals surface area contributed by atoms with Gasteiger partial charge >= 0.3 is 0 Å². The molecule has 1 N–H and O–H groups in total. The molecule has 0 aliphatic rings. The molecule has 36 heavy (non-hydrogen) atoms. The molecule has 2 amide bonds. The third kappa shape index (κ3) is 8.82. The molecule has 0 fully saturated rings. The number of hydrogen-bond donors (Lipinski definition) is 1. The van der Waals surface area contributed by atoms with Gasteiger partial charge in [0, 0.05) is 26.1 Å². The van der Waals surface area contributed by atoms with Gasteiger partial charge in [-0.15, -0.1) is 0 Å². The van der Waals surface area contributed by atoms with Crippen molar-refractivity contribution in [3.05, 3.63) is 59.9 Å². The minimum atomic E-state index is -3.64. The summed E-state index contributed by atoms with van der Waals surface area (Å²) in [6, 6.07) is 11.7. The normalized spacial score (nSPS) is 12.2. The van der Waals surface area contributed by atoms with Crippen molar-refractivity contribution >= 4 is 27.5 Å². The third-order valence-corrected chi connectivity index (χ3v) is 6.82. The van der Waals surface area contributed by atoms with E-state index >= 15 is 0 Å². The number of carbonyl (C=O) groups is 2. The van der Waals surface area contributed by atoms with E-state index in [1.807, 2.05) is 26.0 Å². The molecule has 10 heteroatoms. The van der Waals surface area contributed by atoms with Crippen LogP contribution in [0.4, 0.5) is 10.1 Å². The van der Waals surface area contributed by atoms with Crippen molar-refractivity contribution < 1.29 is 27.1 Å². The quantitative estimate of drug-likeness (QED) is 0.435. The lowest BCUT2D eigenvalue weighted by Crippen LogP contribution is -2.48. The van der Waals surface area contributed by atoms with Crippen LogP contribution in [0.25, 0.3) is 0 Å². The smallest absolute Gasteiger partial charge is 0.242 e. The Bertz CT molecular complexity index is 1110. The number of nitrogens with one attached hydrogen (secondary N) is 1. The van der Waals surface area contributed by atoms with Gasteiger partial charge in [-0.3, -0.25) is 13.9 Å². The van der Waals surface area contributed by atoms with Crippen molar-refractivity contribution in [2.24, 2.45) is 5.92 Å². The molecule has 0 unspecified atom stereocenters. The Balaban J connectivity index is 2.15. The number of halogens is 1. The van der Waals surface area contributed by atoms with E-state index in [-0.39, 0.29) is 43.7 Å². The summed E-state index contributed by atoms with van der Waals surface area (Å²) in [7, 11) is -2.07. The van der Waals surface area contributed by atoms with E-state index in [2.05, 4.69) is 5.32 Å². The topological polar surface area (TPSA) is 96.0 Å². The van der Waals surface area contributed by atoms with E-state index in [0.29, 0.717) is 18.0 Å². The third-order valence-electron chi connectivity index (χ3n) is 5.63. The standard InChI is InChI=1S/C26H36FN3O5S/c1-19(2)17-28-26(32)20(3)29(18-21-8-14-24(35-4)15-9-21)25(31)7-6-16-30(36(5,33)34)23-12-10-22(27)11-13-23/h8-15,19-20H,6-7,16-18H2,1-5H3,(H,28,32)/t20-/m1/s1. The van der Waals surface area contributed by atoms with Crippen LogP contribution in [0.2, 0.25) is 0 Å². The molecule has 0 spiro atoms. The zero-order chi connectivity index (χ0) is 26.9. The van der Waals surface area contributed by atoms with E-state index in [1.54, 1.807) is 26.2 Å². The van der Waals surface area contributed by atoms with Crippen LogP contribution >= 0.6 is 0 Å². The largest absolute Gasteiger partial charge is 0.497 e. The Morgan fingerprint density at radius 3 is 2.17 bits per heavy atom. The van der Waals surface area contributed by atoms with Crippen LogP contribution in [0, 0.1) is 11.7 Å². The summed E-state index contributed by atoms with van der Waals surface area (Å²) in [5.41, 5.74) is 1.15. The first kappa shape index (κ1) is 29.1. The summed E-state index contributed by atoms with van der Waals surface area (Å²) in [4.78, 5) is 27.5. The van der Waals surface area contributed by atoms with Gasteiger partial charge in [0.15, 0.2) is 0 Å². The number of methoxy groups -OCH3 is 1. The molecule has 0 heterocycles. The highest BCUT2D eigenvalue weighted by molar-refractivity contribution is 7.92. The van der Waals surface area contributed by atoms with Crippen molar-refractivity contribution in [3.8, 4) is 5.75 Å². The van der Waals surface area contributed by atoms with E-state index in [1.165, 1.54) is 29.2 Å². The fourth-order valence-corrected chi connectivity index (χ4v) is 4.54. The highest BCUT2D eigenvalue weighted by Crippen LogP contribution is 2.20. The van der Waals surface area contributed by atoms with Gasteiger partial charge in [-0.05, 0) is 61.2 Å². The molecule has 2 aromatic carbocycles. The molecular weight excluding hydrogens is 485 g/mol. The molecule has 0 radical (unpaired) electrons. The molecule has 2 aromatic rings. The molecule has 8 nitrogen and oxygen atoms in total. The Hall–Kier alpha value is -3.14. The van der Waals surface area contributed by atoms with E-state index in [9.17, 15) is 22.4 Å². The molecule has 0 saturated carbocycles. The predicted molar refractivity (Wildman–Crippen MR) is 139 cm³/mol. The second kappa shape index (κ2) is 13.2. The SMILES string of the molecule is COc1ccc(CN(C(=O)CCCN(c2ccc(F)cc2)S(C)(=O)=O)[C@H](C)C(=O)NCC(C)C)cc1. The number of amides is 2. The second-order valence-electron chi connectivity index (χ2n) is 9.10. The van der Waals surface area contributed by atoms with Crippen LogP contribution in [-0.2, 0) is 26.2 Å². The molecule has 0 saturated heterocycles. The van der Waals surface area contributed by atoms with Crippen LogP contribution in [0.15, 0.2) is 48.5 Å². The van der Waals surface area contributed by atoms with Gasteiger partial charge in [0.05, 0.1) is 19.1 Å². The fourth-order valence-electron chi connectivity index (χ4n) is 3.57. The summed E-state index contributed by atoms with van der Waals surface area (Å²) in [6.45, 7) is 6.40. The first-order chi connectivity index (χ1) is 16.9. The number of hydrogen-bond acceptors (Lipinski definition) is 5. The number of anilines is 1. The number of benzene rings is 2. The van der Waals surface area contributed by atoms with Crippen LogP contribution in [-0.4, -0.2) is 57.6 Å². The summed E-state index contributed by atoms with van der Waals surface area (Å²) in [5.74, 6) is -0.0529. The highest BCUT2D eigenvalue weighted by atomic mass is 32.2. The maximum atomic E-state index is 13.3. The Morgan fingerprint density at radius 2 is 1.64 bits per heavy atom. The van der Waals surface area contributed by atoms with Gasteiger partial charge in [-0.25, -0.2) is 12.8 Å². The van der Waals surface area contributed by atoms with Gasteiger partial charge < -0.3 is 15.0 Å². The molecule has 1 atom stereocenters. The van der Waals surface area contributed by atoms with E-state index in [4.69, 9.17) is 4.74 Å². The molecule has 0 aromatic heterocycles. The highest BCUT2D eigenvalue weighted by Gasteiger charge is 2.26. The summed E-state index contributed by atoms with van der Waals surface area (Å²) < 4.78 is 44.3. The molecule has 2 rings (SSSR count). The van der Waals surface area contributed by atoms with Gasteiger partial charge in [0.25, 0.3) is 0 Å². The summed E-state index contributed by atoms with van der Waals surface area (Å²) in [6.07, 6.45) is 1.32. The Labute approximate surface area is 213 Å². The predicted octanol–water partition coefficient (Wildman–Crippen LogP) is 3.57. The maximum absolute atomic E-state index is 13.3. The van der Waals surface area contributed by atoms with Crippen LogP contribution < -0.4 is 14.4 Å². The summed E-state index contributed by atoms with van der Waals surface area (Å²) >= 11 is 0. The first-order valence-corrected chi connectivity index (χ1v) is 13.7. The van der Waals surface area contributed by atoms with Crippen LogP contribution in [0.3, 0.4) is 0 Å². The van der Waals surface area contributed by atoms with Gasteiger partial charge in [-0.1, -0.05) is 26.0 Å². The molecular formula is C26H36FN3O5S. The Morgan fingerprint density at radius 1 is 1.03 bits per heavy atom. The molecule has 0 aliphatic carbocycles. The zero-order valence-corrected chi connectivity index (χ0v) is 22.3. The molecule has 198 valence electrons. The van der Waals surface area contributed by atoms with E-state index in [0.717, 1.165) is 16.1 Å². The van der Waals surface area contributed by atoms with Crippen LogP contribution in [0.5, 0.6) is 5.75 Å². The second-order valence-corrected chi connectivity index (χ2v) is 11.0. The minimum Gasteiger partial charge on any atom is -0.497 e. The average Bonchev–Trinajstić information content (AvgIpc) is 2.83. The number of rotatable bonds is 13. The van der Waals surface area contributed by atoms with Crippen LogP contribution in [0.1, 0.15) is 39.2 Å². The monoisotopic (exact) mass is 521 g/mol. The van der Waals surface area contributed by atoms with Gasteiger partial charge in [-0.2, -0.15) is 0 Å². The van der Waals surface area contributed by atoms with Crippen molar-refractivity contribution in [3.63, 3.8) is 0 Å². The summed E-state index contributed by atoms with van der Waals surface area (Å²) in [5, 5.41) is 2.87. The molecule has 0 bridgehead atoms. The van der Waals surface area contributed by atoms with Crippen molar-refractivity contribution in [2.75, 3.05) is 30.8 Å². The maximum Gasteiger partial charge on any atom is 0.242 e. The van der Waals surface area contributed by atoms with Crippen molar-refractivity contribution in [2.45, 2.75) is 46.2 Å². The number of nitrogens with zero attached hydrogens (tertiary/aromatic N) is 2. The number of sulfonamides is 1. The minimum absolute atomic E-state index is 0.0329. The van der Waals surface area contributed by atoms with Gasteiger partial charge in [0.2, 0.25) is 21.8 Å². The number of ether oxygens (including phenoxy) is 1.